The molecule has 4 heteroatoms. The molecule has 0 aromatic heterocycles. The molecule has 0 aromatic rings. The van der Waals surface area contributed by atoms with E-state index in [1.165, 1.54) is 6.26 Å². The zero-order valence-electron chi connectivity index (χ0n) is 7.36. The lowest BCUT2D eigenvalue weighted by atomic mass is 10.0. The molecule has 0 amide bonds. The smallest absolute Gasteiger partial charge is 0.152 e. The highest BCUT2D eigenvalue weighted by Gasteiger charge is 2.31. The van der Waals surface area contributed by atoms with Crippen molar-refractivity contribution in [3.05, 3.63) is 0 Å². The first kappa shape index (κ1) is 9.99. The Balaban J connectivity index is 2.68. The van der Waals surface area contributed by atoms with Crippen molar-refractivity contribution in [2.24, 2.45) is 5.92 Å². The molecule has 0 radical (unpaired) electrons. The van der Waals surface area contributed by atoms with Gasteiger partial charge in [0, 0.05) is 6.26 Å². The van der Waals surface area contributed by atoms with E-state index in [-0.39, 0.29) is 12.5 Å². The van der Waals surface area contributed by atoms with Gasteiger partial charge in [0.15, 0.2) is 9.84 Å². The number of sulfone groups is 1. The Morgan fingerprint density at radius 2 is 1.92 bits per heavy atom. The molecule has 1 rings (SSSR count). The summed E-state index contributed by atoms with van der Waals surface area (Å²) in [6.45, 7) is -0.219. The number of aliphatic hydroxyl groups is 1. The minimum Gasteiger partial charge on any atom is -0.395 e. The van der Waals surface area contributed by atoms with Crippen LogP contribution in [0.15, 0.2) is 0 Å². The maximum atomic E-state index is 11.2. The third-order valence-corrected chi connectivity index (χ3v) is 4.29. The largest absolute Gasteiger partial charge is 0.395 e. The number of rotatable bonds is 3. The molecule has 1 saturated carbocycles. The minimum atomic E-state index is -3.05. The van der Waals surface area contributed by atoms with Crippen molar-refractivity contribution in [2.45, 2.75) is 30.9 Å². The summed E-state index contributed by atoms with van der Waals surface area (Å²) in [5, 5.41) is 8.43. The summed E-state index contributed by atoms with van der Waals surface area (Å²) >= 11 is 0. The zero-order chi connectivity index (χ0) is 9.19. The van der Waals surface area contributed by atoms with Crippen LogP contribution in [0, 0.1) is 5.92 Å². The van der Waals surface area contributed by atoms with Gasteiger partial charge < -0.3 is 5.11 Å². The molecule has 0 aliphatic heterocycles. The molecule has 0 aromatic carbocycles. The van der Waals surface area contributed by atoms with Gasteiger partial charge in [-0.25, -0.2) is 8.42 Å². The normalized spacial score (nSPS) is 22.8. The first-order valence-electron chi connectivity index (χ1n) is 4.35. The Labute approximate surface area is 73.7 Å². The van der Waals surface area contributed by atoms with Crippen LogP contribution in [0.5, 0.6) is 0 Å². The molecule has 1 atom stereocenters. The number of hydrogen-bond donors (Lipinski definition) is 1. The van der Waals surface area contributed by atoms with Crippen molar-refractivity contribution in [2.75, 3.05) is 12.9 Å². The Kier molecular flexibility index (Phi) is 3.12. The number of hydrogen-bond acceptors (Lipinski definition) is 3. The Bertz CT molecular complexity index is 227. The Morgan fingerprint density at radius 1 is 1.42 bits per heavy atom. The van der Waals surface area contributed by atoms with Gasteiger partial charge in [-0.2, -0.15) is 0 Å². The van der Waals surface area contributed by atoms with Gasteiger partial charge in [-0.3, -0.25) is 0 Å². The maximum Gasteiger partial charge on any atom is 0.152 e. The predicted molar refractivity (Wildman–Crippen MR) is 47.7 cm³/mol. The van der Waals surface area contributed by atoms with E-state index in [1.54, 1.807) is 0 Å². The van der Waals surface area contributed by atoms with Crippen molar-refractivity contribution in [3.8, 4) is 0 Å². The van der Waals surface area contributed by atoms with E-state index >= 15 is 0 Å². The van der Waals surface area contributed by atoms with Crippen LogP contribution in [-0.2, 0) is 9.84 Å². The van der Waals surface area contributed by atoms with Gasteiger partial charge in [0.25, 0.3) is 0 Å². The third kappa shape index (κ3) is 2.20. The molecule has 0 bridgehead atoms. The highest BCUT2D eigenvalue weighted by atomic mass is 32.2. The molecule has 1 N–H and O–H groups in total. The summed E-state index contributed by atoms with van der Waals surface area (Å²) in [7, 11) is -3.05. The van der Waals surface area contributed by atoms with E-state index < -0.39 is 15.1 Å². The average Bonchev–Trinajstić information content (AvgIpc) is 2.38. The predicted octanol–water partition coefficient (Wildman–Crippen LogP) is 0.582. The fraction of sp³-hybridized carbons (Fsp3) is 1.00. The molecule has 72 valence electrons. The second kappa shape index (κ2) is 3.75. The van der Waals surface area contributed by atoms with Gasteiger partial charge in [0.2, 0.25) is 0 Å². The lowest BCUT2D eigenvalue weighted by Gasteiger charge is -2.18. The van der Waals surface area contributed by atoms with Gasteiger partial charge in [-0.1, -0.05) is 12.8 Å². The summed E-state index contributed by atoms with van der Waals surface area (Å²) in [5.74, 6) is 0.199. The fourth-order valence-electron chi connectivity index (χ4n) is 1.96. The van der Waals surface area contributed by atoms with Crippen molar-refractivity contribution in [1.29, 1.82) is 0 Å². The first-order chi connectivity index (χ1) is 5.55. The SMILES string of the molecule is CS(=O)(=O)[C@H](CO)C1CCCC1. The maximum absolute atomic E-state index is 11.2. The lowest BCUT2D eigenvalue weighted by Crippen LogP contribution is -2.31. The summed E-state index contributed by atoms with van der Waals surface area (Å²) < 4.78 is 22.4. The van der Waals surface area contributed by atoms with Gasteiger partial charge in [-0.15, -0.1) is 0 Å². The van der Waals surface area contributed by atoms with Crippen LogP contribution >= 0.6 is 0 Å². The molecule has 1 aliphatic carbocycles. The van der Waals surface area contributed by atoms with Crippen molar-refractivity contribution in [3.63, 3.8) is 0 Å². The van der Waals surface area contributed by atoms with Crippen LogP contribution in [0.3, 0.4) is 0 Å². The summed E-state index contributed by atoms with van der Waals surface area (Å²) in [5.41, 5.74) is 0. The topological polar surface area (TPSA) is 54.4 Å². The van der Waals surface area contributed by atoms with Crippen LogP contribution in [0.25, 0.3) is 0 Å². The average molecular weight is 192 g/mol. The van der Waals surface area contributed by atoms with Crippen molar-refractivity contribution < 1.29 is 13.5 Å². The second-order valence-electron chi connectivity index (χ2n) is 3.60. The van der Waals surface area contributed by atoms with Crippen LogP contribution in [0.2, 0.25) is 0 Å². The van der Waals surface area contributed by atoms with Gasteiger partial charge >= 0.3 is 0 Å². The van der Waals surface area contributed by atoms with Crippen LogP contribution in [0.4, 0.5) is 0 Å². The molecule has 12 heavy (non-hydrogen) atoms. The molecule has 1 aliphatic rings. The molecular formula is C8H16O3S. The molecule has 0 spiro atoms. The van der Waals surface area contributed by atoms with E-state index in [2.05, 4.69) is 0 Å². The van der Waals surface area contributed by atoms with Crippen LogP contribution in [0.1, 0.15) is 25.7 Å². The van der Waals surface area contributed by atoms with Crippen molar-refractivity contribution in [1.82, 2.24) is 0 Å². The van der Waals surface area contributed by atoms with E-state index in [9.17, 15) is 8.42 Å². The number of aliphatic hydroxyl groups excluding tert-OH is 1. The molecule has 0 saturated heterocycles. The zero-order valence-corrected chi connectivity index (χ0v) is 8.18. The highest BCUT2D eigenvalue weighted by Crippen LogP contribution is 2.30. The quantitative estimate of drug-likeness (QED) is 0.711. The minimum absolute atomic E-state index is 0.199. The monoisotopic (exact) mass is 192 g/mol. The standard InChI is InChI=1S/C8H16O3S/c1-12(10,11)8(6-9)7-4-2-3-5-7/h7-9H,2-6H2,1H3/t8-/m1/s1. The van der Waals surface area contributed by atoms with E-state index in [4.69, 9.17) is 5.11 Å². The molecular weight excluding hydrogens is 176 g/mol. The fourth-order valence-corrected chi connectivity index (χ4v) is 3.21. The first-order valence-corrected chi connectivity index (χ1v) is 6.31. The highest BCUT2D eigenvalue weighted by molar-refractivity contribution is 7.91. The third-order valence-electron chi connectivity index (χ3n) is 2.66. The van der Waals surface area contributed by atoms with Crippen LogP contribution < -0.4 is 0 Å². The van der Waals surface area contributed by atoms with Crippen LogP contribution in [-0.4, -0.2) is 31.6 Å². The van der Waals surface area contributed by atoms with Gasteiger partial charge in [0.1, 0.15) is 0 Å². The lowest BCUT2D eigenvalue weighted by molar-refractivity contribution is 0.260. The summed E-state index contributed by atoms with van der Waals surface area (Å²) in [4.78, 5) is 0. The second-order valence-corrected chi connectivity index (χ2v) is 5.86. The molecule has 0 unspecified atom stereocenters. The molecule has 3 nitrogen and oxygen atoms in total. The van der Waals surface area contributed by atoms with Gasteiger partial charge in [-0.05, 0) is 18.8 Å². The van der Waals surface area contributed by atoms with Gasteiger partial charge in [0.05, 0.1) is 11.9 Å². The summed E-state index contributed by atoms with van der Waals surface area (Å²) in [6.07, 6.45) is 5.34. The molecule has 1 fully saturated rings. The van der Waals surface area contributed by atoms with E-state index in [1.807, 2.05) is 0 Å². The van der Waals surface area contributed by atoms with E-state index in [0.29, 0.717) is 0 Å². The summed E-state index contributed by atoms with van der Waals surface area (Å²) in [6, 6.07) is 0. The van der Waals surface area contributed by atoms with E-state index in [0.717, 1.165) is 25.7 Å². The Morgan fingerprint density at radius 3 is 2.25 bits per heavy atom. The van der Waals surface area contributed by atoms with Crippen molar-refractivity contribution >= 4 is 9.84 Å². The molecule has 0 heterocycles. The Hall–Kier alpha value is -0.0900.